The molecule has 0 saturated heterocycles. The van der Waals surface area contributed by atoms with E-state index in [2.05, 4.69) is 26.0 Å². The SMILES string of the molecule is Cc1cccc(C)c1/C=C/COC(=O)OC(C)(C)C. The Kier molecular flexibility index (Phi) is 5.16. The van der Waals surface area contributed by atoms with Gasteiger partial charge in [0, 0.05) is 0 Å². The number of benzene rings is 1. The van der Waals surface area contributed by atoms with Crippen molar-refractivity contribution in [2.45, 2.75) is 40.2 Å². The van der Waals surface area contributed by atoms with Crippen LogP contribution in [0, 0.1) is 13.8 Å². The summed E-state index contributed by atoms with van der Waals surface area (Å²) in [5, 5.41) is 0. The number of ether oxygens (including phenoxy) is 2. The van der Waals surface area contributed by atoms with Crippen LogP contribution in [0.15, 0.2) is 24.3 Å². The average Bonchev–Trinajstić information content (AvgIpc) is 2.25. The summed E-state index contributed by atoms with van der Waals surface area (Å²) in [5.74, 6) is 0. The fourth-order valence-corrected chi connectivity index (χ4v) is 1.65. The molecule has 0 aromatic heterocycles. The summed E-state index contributed by atoms with van der Waals surface area (Å²) in [7, 11) is 0. The van der Waals surface area contributed by atoms with Gasteiger partial charge in [0.05, 0.1) is 0 Å². The molecule has 0 aliphatic carbocycles. The van der Waals surface area contributed by atoms with Crippen LogP contribution in [0.25, 0.3) is 6.08 Å². The first-order chi connectivity index (χ1) is 8.79. The minimum absolute atomic E-state index is 0.211. The van der Waals surface area contributed by atoms with E-state index in [1.165, 1.54) is 11.1 Å². The second kappa shape index (κ2) is 6.41. The third-order valence-electron chi connectivity index (χ3n) is 2.51. The summed E-state index contributed by atoms with van der Waals surface area (Å²) in [6.45, 7) is 9.74. The van der Waals surface area contributed by atoms with Gasteiger partial charge in [0.25, 0.3) is 0 Å². The van der Waals surface area contributed by atoms with Crippen molar-refractivity contribution >= 4 is 12.2 Å². The maximum Gasteiger partial charge on any atom is 0.509 e. The molecule has 0 unspecified atom stereocenters. The van der Waals surface area contributed by atoms with Gasteiger partial charge >= 0.3 is 6.16 Å². The van der Waals surface area contributed by atoms with E-state index in [1.54, 1.807) is 20.8 Å². The first kappa shape index (κ1) is 15.3. The topological polar surface area (TPSA) is 35.5 Å². The Morgan fingerprint density at radius 3 is 2.32 bits per heavy atom. The van der Waals surface area contributed by atoms with E-state index in [0.29, 0.717) is 0 Å². The summed E-state index contributed by atoms with van der Waals surface area (Å²) in [6.07, 6.45) is 3.15. The first-order valence-electron chi connectivity index (χ1n) is 6.38. The molecule has 0 amide bonds. The van der Waals surface area contributed by atoms with Crippen LogP contribution < -0.4 is 0 Å². The van der Waals surface area contributed by atoms with Crippen molar-refractivity contribution < 1.29 is 14.3 Å². The zero-order chi connectivity index (χ0) is 14.5. The van der Waals surface area contributed by atoms with Crippen LogP contribution in [-0.4, -0.2) is 18.4 Å². The molecule has 0 bridgehead atoms. The molecule has 19 heavy (non-hydrogen) atoms. The van der Waals surface area contributed by atoms with Gasteiger partial charge in [-0.25, -0.2) is 4.79 Å². The summed E-state index contributed by atoms with van der Waals surface area (Å²) < 4.78 is 10.0. The molecule has 1 rings (SSSR count). The van der Waals surface area contributed by atoms with Gasteiger partial charge in [-0.15, -0.1) is 0 Å². The van der Waals surface area contributed by atoms with Crippen molar-refractivity contribution in [1.82, 2.24) is 0 Å². The molecule has 0 radical (unpaired) electrons. The fourth-order valence-electron chi connectivity index (χ4n) is 1.65. The predicted octanol–water partition coefficient (Wildman–Crippen LogP) is 4.27. The quantitative estimate of drug-likeness (QED) is 0.763. The molecule has 0 N–H and O–H groups in total. The summed E-state index contributed by atoms with van der Waals surface area (Å²) in [5.41, 5.74) is 3.05. The Morgan fingerprint density at radius 2 is 1.79 bits per heavy atom. The van der Waals surface area contributed by atoms with Crippen molar-refractivity contribution in [2.75, 3.05) is 6.61 Å². The number of carbonyl (C=O) groups excluding carboxylic acids is 1. The zero-order valence-electron chi connectivity index (χ0n) is 12.3. The molecule has 3 nitrogen and oxygen atoms in total. The summed E-state index contributed by atoms with van der Waals surface area (Å²) in [6, 6.07) is 6.14. The van der Waals surface area contributed by atoms with E-state index < -0.39 is 11.8 Å². The monoisotopic (exact) mass is 262 g/mol. The molecule has 0 saturated carbocycles. The van der Waals surface area contributed by atoms with Crippen molar-refractivity contribution in [3.05, 3.63) is 41.0 Å². The van der Waals surface area contributed by atoms with Gasteiger partial charge in [-0.3, -0.25) is 0 Å². The Hall–Kier alpha value is -1.77. The van der Waals surface area contributed by atoms with E-state index in [-0.39, 0.29) is 6.61 Å². The van der Waals surface area contributed by atoms with Gasteiger partial charge in [-0.2, -0.15) is 0 Å². The molecule has 0 atom stereocenters. The van der Waals surface area contributed by atoms with E-state index in [4.69, 9.17) is 9.47 Å². The highest BCUT2D eigenvalue weighted by atomic mass is 16.7. The van der Waals surface area contributed by atoms with Gasteiger partial charge in [-0.1, -0.05) is 24.3 Å². The third kappa shape index (κ3) is 5.60. The molecule has 1 aromatic rings. The molecule has 1 aromatic carbocycles. The first-order valence-corrected chi connectivity index (χ1v) is 6.38. The number of hydrogen-bond donors (Lipinski definition) is 0. The van der Waals surface area contributed by atoms with Crippen LogP contribution in [-0.2, 0) is 9.47 Å². The van der Waals surface area contributed by atoms with Gasteiger partial charge in [0.1, 0.15) is 12.2 Å². The molecule has 3 heteroatoms. The highest BCUT2D eigenvalue weighted by Crippen LogP contribution is 2.15. The van der Waals surface area contributed by atoms with Crippen LogP contribution in [0.1, 0.15) is 37.5 Å². The molecular formula is C16H22O3. The van der Waals surface area contributed by atoms with Crippen molar-refractivity contribution in [1.29, 1.82) is 0 Å². The van der Waals surface area contributed by atoms with Gasteiger partial charge in [0.2, 0.25) is 0 Å². The molecule has 0 aliphatic heterocycles. The Morgan fingerprint density at radius 1 is 1.21 bits per heavy atom. The lowest BCUT2D eigenvalue weighted by Crippen LogP contribution is -2.24. The van der Waals surface area contributed by atoms with Crippen molar-refractivity contribution in [2.24, 2.45) is 0 Å². The van der Waals surface area contributed by atoms with Crippen LogP contribution in [0.5, 0.6) is 0 Å². The standard InChI is InChI=1S/C16H22O3/c1-12-8-6-9-13(2)14(12)10-7-11-18-15(17)19-16(3,4)5/h6-10H,11H2,1-5H3/b10-7+. The smallest absolute Gasteiger partial charge is 0.430 e. The van der Waals surface area contributed by atoms with Gasteiger partial charge in [0.15, 0.2) is 0 Å². The Bertz CT molecular complexity index is 447. The number of hydrogen-bond acceptors (Lipinski definition) is 3. The molecule has 0 fully saturated rings. The highest BCUT2D eigenvalue weighted by molar-refractivity contribution is 5.61. The van der Waals surface area contributed by atoms with Crippen molar-refractivity contribution in [3.8, 4) is 0 Å². The molecule has 0 aliphatic rings. The minimum Gasteiger partial charge on any atom is -0.430 e. The van der Waals surface area contributed by atoms with Crippen LogP contribution in [0.4, 0.5) is 4.79 Å². The maximum atomic E-state index is 11.3. The van der Waals surface area contributed by atoms with E-state index in [9.17, 15) is 4.79 Å². The summed E-state index contributed by atoms with van der Waals surface area (Å²) in [4.78, 5) is 11.3. The number of aryl methyl sites for hydroxylation is 2. The largest absolute Gasteiger partial charge is 0.509 e. The van der Waals surface area contributed by atoms with E-state index >= 15 is 0 Å². The second-order valence-corrected chi connectivity index (χ2v) is 5.48. The molecule has 104 valence electrons. The Labute approximate surface area is 115 Å². The van der Waals surface area contributed by atoms with Crippen LogP contribution in [0.3, 0.4) is 0 Å². The molecular weight excluding hydrogens is 240 g/mol. The fraction of sp³-hybridized carbons (Fsp3) is 0.438. The van der Waals surface area contributed by atoms with Gasteiger partial charge in [-0.05, 0) is 57.4 Å². The zero-order valence-corrected chi connectivity index (χ0v) is 12.3. The van der Waals surface area contributed by atoms with E-state index in [0.717, 1.165) is 5.56 Å². The van der Waals surface area contributed by atoms with E-state index in [1.807, 2.05) is 18.2 Å². The average molecular weight is 262 g/mol. The molecule has 0 heterocycles. The third-order valence-corrected chi connectivity index (χ3v) is 2.51. The predicted molar refractivity (Wildman–Crippen MR) is 77.1 cm³/mol. The highest BCUT2D eigenvalue weighted by Gasteiger charge is 2.16. The maximum absolute atomic E-state index is 11.3. The minimum atomic E-state index is -0.640. The lowest BCUT2D eigenvalue weighted by atomic mass is 10.0. The Balaban J connectivity index is 2.49. The summed E-state index contributed by atoms with van der Waals surface area (Å²) >= 11 is 0. The van der Waals surface area contributed by atoms with Crippen LogP contribution >= 0.6 is 0 Å². The van der Waals surface area contributed by atoms with Gasteiger partial charge < -0.3 is 9.47 Å². The van der Waals surface area contributed by atoms with Crippen molar-refractivity contribution in [3.63, 3.8) is 0 Å². The number of carbonyl (C=O) groups is 1. The molecule has 0 spiro atoms. The second-order valence-electron chi connectivity index (χ2n) is 5.48. The van der Waals surface area contributed by atoms with Crippen LogP contribution in [0.2, 0.25) is 0 Å². The normalized spacial score (nSPS) is 11.6. The lowest BCUT2D eigenvalue weighted by Gasteiger charge is -2.18. The lowest BCUT2D eigenvalue weighted by molar-refractivity contribution is -0.00234. The number of rotatable bonds is 3.